The van der Waals surface area contributed by atoms with Gasteiger partial charge in [0.2, 0.25) is 0 Å². The smallest absolute Gasteiger partial charge is 0.321 e. The van der Waals surface area contributed by atoms with E-state index in [2.05, 4.69) is 5.32 Å². The molecule has 1 aliphatic carbocycles. The monoisotopic (exact) mass is 496 g/mol. The SMILES string of the molecule is CN(C(=O)c1ccc(NC(=O)N2CCCN(C(=O)c3ccccc3)CC2)cc1Cl)C1CCCCC1. The Kier molecular flexibility index (Phi) is 8.29. The summed E-state index contributed by atoms with van der Waals surface area (Å²) in [5.41, 5.74) is 1.64. The third-order valence-electron chi connectivity index (χ3n) is 6.98. The molecule has 0 atom stereocenters. The molecule has 2 aliphatic rings. The van der Waals surface area contributed by atoms with E-state index in [1.807, 2.05) is 37.4 Å². The molecule has 4 rings (SSSR count). The predicted molar refractivity (Wildman–Crippen MR) is 138 cm³/mol. The van der Waals surface area contributed by atoms with Crippen molar-refractivity contribution in [2.24, 2.45) is 0 Å². The van der Waals surface area contributed by atoms with Gasteiger partial charge in [0.05, 0.1) is 10.6 Å². The van der Waals surface area contributed by atoms with Crippen molar-refractivity contribution in [2.45, 2.75) is 44.6 Å². The molecule has 1 aliphatic heterocycles. The third-order valence-corrected chi connectivity index (χ3v) is 7.30. The van der Waals surface area contributed by atoms with Crippen LogP contribution in [0, 0.1) is 0 Å². The van der Waals surface area contributed by atoms with Crippen LogP contribution in [0.5, 0.6) is 0 Å². The van der Waals surface area contributed by atoms with Gasteiger partial charge in [-0.3, -0.25) is 9.59 Å². The van der Waals surface area contributed by atoms with Crippen molar-refractivity contribution in [1.82, 2.24) is 14.7 Å². The van der Waals surface area contributed by atoms with Crippen molar-refractivity contribution in [2.75, 3.05) is 38.5 Å². The van der Waals surface area contributed by atoms with E-state index in [9.17, 15) is 14.4 Å². The standard InChI is InChI=1S/C27H33ClN4O3/c1-30(22-11-6-3-7-12-22)26(34)23-14-13-21(19-24(23)28)29-27(35)32-16-8-15-31(17-18-32)25(33)20-9-4-2-5-10-20/h2,4-5,9-10,13-14,19,22H,3,6-8,11-12,15-18H2,1H3,(H,29,35). The summed E-state index contributed by atoms with van der Waals surface area (Å²) < 4.78 is 0. The van der Waals surface area contributed by atoms with Crippen LogP contribution in [-0.2, 0) is 0 Å². The fourth-order valence-corrected chi connectivity index (χ4v) is 5.14. The molecule has 1 N–H and O–H groups in total. The highest BCUT2D eigenvalue weighted by atomic mass is 35.5. The maximum Gasteiger partial charge on any atom is 0.321 e. The van der Waals surface area contributed by atoms with Crippen LogP contribution in [0.4, 0.5) is 10.5 Å². The molecule has 0 aromatic heterocycles. The predicted octanol–water partition coefficient (Wildman–Crippen LogP) is 5.12. The molecule has 1 heterocycles. The second-order valence-corrected chi connectivity index (χ2v) is 9.74. The first-order valence-electron chi connectivity index (χ1n) is 12.4. The zero-order chi connectivity index (χ0) is 24.8. The van der Waals surface area contributed by atoms with Gasteiger partial charge in [-0.15, -0.1) is 0 Å². The molecule has 1 saturated heterocycles. The fraction of sp³-hybridized carbons (Fsp3) is 0.444. The van der Waals surface area contributed by atoms with Crippen molar-refractivity contribution >= 4 is 35.1 Å². The summed E-state index contributed by atoms with van der Waals surface area (Å²) in [5.74, 6) is -0.103. The molecule has 2 aromatic rings. The molecule has 35 heavy (non-hydrogen) atoms. The number of nitrogens with one attached hydrogen (secondary N) is 1. The molecular weight excluding hydrogens is 464 g/mol. The lowest BCUT2D eigenvalue weighted by Crippen LogP contribution is -2.39. The second-order valence-electron chi connectivity index (χ2n) is 9.33. The van der Waals surface area contributed by atoms with Crippen LogP contribution in [-0.4, -0.2) is 71.8 Å². The average Bonchev–Trinajstić information content (AvgIpc) is 3.15. The van der Waals surface area contributed by atoms with E-state index >= 15 is 0 Å². The van der Waals surface area contributed by atoms with Crippen LogP contribution >= 0.6 is 11.6 Å². The number of hydrogen-bond acceptors (Lipinski definition) is 3. The van der Waals surface area contributed by atoms with Gasteiger partial charge in [-0.2, -0.15) is 0 Å². The summed E-state index contributed by atoms with van der Waals surface area (Å²) in [6, 6.07) is 14.2. The van der Waals surface area contributed by atoms with Crippen LogP contribution in [0.25, 0.3) is 0 Å². The number of urea groups is 1. The van der Waals surface area contributed by atoms with Gasteiger partial charge in [-0.1, -0.05) is 49.1 Å². The van der Waals surface area contributed by atoms with Gasteiger partial charge in [-0.05, 0) is 49.6 Å². The van der Waals surface area contributed by atoms with Crippen molar-refractivity contribution in [3.05, 3.63) is 64.7 Å². The molecular formula is C27H33ClN4O3. The van der Waals surface area contributed by atoms with Crippen LogP contribution in [0.2, 0.25) is 5.02 Å². The van der Waals surface area contributed by atoms with Crippen molar-refractivity contribution in [3.8, 4) is 0 Å². The first-order valence-corrected chi connectivity index (χ1v) is 12.8. The first kappa shape index (κ1) is 25.0. The topological polar surface area (TPSA) is 73.0 Å². The molecule has 2 fully saturated rings. The Morgan fingerprint density at radius 1 is 0.886 bits per heavy atom. The number of halogens is 1. The minimum absolute atomic E-state index is 0.0157. The number of anilines is 1. The van der Waals surface area contributed by atoms with E-state index in [1.165, 1.54) is 6.42 Å². The summed E-state index contributed by atoms with van der Waals surface area (Å²) in [7, 11) is 1.84. The maximum atomic E-state index is 13.0. The third kappa shape index (κ3) is 6.14. The molecule has 0 unspecified atom stereocenters. The summed E-state index contributed by atoms with van der Waals surface area (Å²) in [6.45, 7) is 2.08. The zero-order valence-electron chi connectivity index (χ0n) is 20.2. The molecule has 0 bridgehead atoms. The second kappa shape index (κ2) is 11.6. The van der Waals surface area contributed by atoms with Crippen LogP contribution in [0.1, 0.15) is 59.2 Å². The number of amides is 4. The minimum Gasteiger partial charge on any atom is -0.339 e. The fourth-order valence-electron chi connectivity index (χ4n) is 4.88. The minimum atomic E-state index is -0.242. The number of carbonyl (C=O) groups is 3. The highest BCUT2D eigenvalue weighted by molar-refractivity contribution is 6.34. The Morgan fingerprint density at radius 3 is 2.29 bits per heavy atom. The van der Waals surface area contributed by atoms with Gasteiger partial charge in [0.25, 0.3) is 11.8 Å². The first-order chi connectivity index (χ1) is 16.9. The molecule has 8 heteroatoms. The molecule has 186 valence electrons. The van der Waals surface area contributed by atoms with Crippen molar-refractivity contribution < 1.29 is 14.4 Å². The number of nitrogens with zero attached hydrogens (tertiary/aromatic N) is 3. The van der Waals surface area contributed by atoms with E-state index in [-0.39, 0.29) is 23.9 Å². The van der Waals surface area contributed by atoms with Gasteiger partial charge >= 0.3 is 6.03 Å². The van der Waals surface area contributed by atoms with Crippen LogP contribution < -0.4 is 5.32 Å². The van der Waals surface area contributed by atoms with E-state index in [4.69, 9.17) is 11.6 Å². The van der Waals surface area contributed by atoms with Gasteiger partial charge in [-0.25, -0.2) is 4.79 Å². The van der Waals surface area contributed by atoms with Crippen molar-refractivity contribution in [1.29, 1.82) is 0 Å². The Morgan fingerprint density at radius 2 is 1.57 bits per heavy atom. The largest absolute Gasteiger partial charge is 0.339 e. The quantitative estimate of drug-likeness (QED) is 0.638. The Bertz CT molecular complexity index is 1060. The lowest BCUT2D eigenvalue weighted by Gasteiger charge is -2.31. The Hall–Kier alpha value is -3.06. The zero-order valence-corrected chi connectivity index (χ0v) is 21.0. The van der Waals surface area contributed by atoms with E-state index < -0.39 is 0 Å². The molecule has 0 radical (unpaired) electrons. The van der Waals surface area contributed by atoms with Gasteiger partial charge in [0, 0.05) is 50.5 Å². The van der Waals surface area contributed by atoms with Gasteiger partial charge in [0.15, 0.2) is 0 Å². The maximum absolute atomic E-state index is 13.0. The summed E-state index contributed by atoms with van der Waals surface area (Å²) in [4.78, 5) is 44.0. The number of carbonyl (C=O) groups excluding carboxylic acids is 3. The van der Waals surface area contributed by atoms with Gasteiger partial charge in [0.1, 0.15) is 0 Å². The van der Waals surface area contributed by atoms with E-state index in [0.29, 0.717) is 54.4 Å². The number of benzene rings is 2. The van der Waals surface area contributed by atoms with E-state index in [1.54, 1.807) is 32.9 Å². The van der Waals surface area contributed by atoms with Crippen LogP contribution in [0.15, 0.2) is 48.5 Å². The summed E-state index contributed by atoms with van der Waals surface area (Å²) in [5, 5.41) is 3.21. The normalized spacial score (nSPS) is 17.0. The molecule has 2 aromatic carbocycles. The highest BCUT2D eigenvalue weighted by Gasteiger charge is 2.25. The molecule has 4 amide bonds. The Balaban J connectivity index is 1.34. The Labute approximate surface area is 212 Å². The van der Waals surface area contributed by atoms with Crippen molar-refractivity contribution in [3.63, 3.8) is 0 Å². The number of rotatable bonds is 4. The average molecular weight is 497 g/mol. The molecule has 7 nitrogen and oxygen atoms in total. The molecule has 1 saturated carbocycles. The van der Waals surface area contributed by atoms with Crippen LogP contribution in [0.3, 0.4) is 0 Å². The summed E-state index contributed by atoms with van der Waals surface area (Å²) in [6.07, 6.45) is 6.28. The van der Waals surface area contributed by atoms with E-state index in [0.717, 1.165) is 25.7 Å². The lowest BCUT2D eigenvalue weighted by molar-refractivity contribution is 0.0695. The summed E-state index contributed by atoms with van der Waals surface area (Å²) >= 11 is 6.46. The van der Waals surface area contributed by atoms with Gasteiger partial charge < -0.3 is 20.0 Å². The lowest BCUT2D eigenvalue weighted by atomic mass is 9.94. The highest BCUT2D eigenvalue weighted by Crippen LogP contribution is 2.27. The molecule has 0 spiro atoms. The number of hydrogen-bond donors (Lipinski definition) is 1.